The number of fused-ring (bicyclic) bond motifs is 1. The third-order valence-electron chi connectivity index (χ3n) is 5.73. The Hall–Kier alpha value is -2.14. The highest BCUT2D eigenvalue weighted by Gasteiger charge is 2.36. The molecule has 2 aromatic rings. The fourth-order valence-electron chi connectivity index (χ4n) is 4.17. The van der Waals surface area contributed by atoms with Gasteiger partial charge in [-0.3, -0.25) is 9.59 Å². The molecule has 1 fully saturated rings. The Bertz CT molecular complexity index is 894. The van der Waals surface area contributed by atoms with Crippen LogP contribution in [0, 0.1) is 0 Å². The summed E-state index contributed by atoms with van der Waals surface area (Å²) < 4.78 is 1.03. The van der Waals surface area contributed by atoms with Gasteiger partial charge in [0.15, 0.2) is 0 Å². The molecule has 2 aromatic carbocycles. The number of nitrogens with zero attached hydrogens (tertiary/aromatic N) is 2. The van der Waals surface area contributed by atoms with Gasteiger partial charge < -0.3 is 9.80 Å². The number of halogens is 1. The van der Waals surface area contributed by atoms with E-state index < -0.39 is 0 Å². The van der Waals surface area contributed by atoms with Crippen molar-refractivity contribution in [2.45, 2.75) is 51.2 Å². The Balaban J connectivity index is 1.56. The van der Waals surface area contributed by atoms with Crippen molar-refractivity contribution in [2.24, 2.45) is 0 Å². The van der Waals surface area contributed by atoms with E-state index in [0.717, 1.165) is 34.9 Å². The molecule has 4 nitrogen and oxygen atoms in total. The summed E-state index contributed by atoms with van der Waals surface area (Å²) in [6.45, 7) is 2.91. The fraction of sp³-hybridized carbons (Fsp3) is 0.391. The maximum atomic E-state index is 13.3. The number of hydrogen-bond donors (Lipinski definition) is 0. The molecule has 4 rings (SSSR count). The lowest BCUT2D eigenvalue weighted by Crippen LogP contribution is -2.42. The summed E-state index contributed by atoms with van der Waals surface area (Å²) in [7, 11) is 0. The van der Waals surface area contributed by atoms with E-state index in [9.17, 15) is 9.59 Å². The molecule has 1 heterocycles. The van der Waals surface area contributed by atoms with Crippen LogP contribution in [0.5, 0.6) is 0 Å². The molecule has 5 heteroatoms. The first-order valence-corrected chi connectivity index (χ1v) is 10.7. The van der Waals surface area contributed by atoms with Gasteiger partial charge in [0.25, 0.3) is 0 Å². The van der Waals surface area contributed by atoms with Crippen LogP contribution in [0.1, 0.15) is 48.9 Å². The van der Waals surface area contributed by atoms with E-state index in [1.165, 1.54) is 5.56 Å². The molecule has 0 N–H and O–H groups in total. The van der Waals surface area contributed by atoms with E-state index in [1.807, 2.05) is 34.1 Å². The van der Waals surface area contributed by atoms with E-state index >= 15 is 0 Å². The molecule has 0 bridgehead atoms. The molecule has 28 heavy (non-hydrogen) atoms. The molecule has 1 saturated carbocycles. The largest absolute Gasteiger partial charge is 0.335 e. The summed E-state index contributed by atoms with van der Waals surface area (Å²) in [5.74, 6) is 0.174. The Morgan fingerprint density at radius 2 is 1.93 bits per heavy atom. The second-order valence-electron chi connectivity index (χ2n) is 7.76. The Morgan fingerprint density at radius 3 is 2.64 bits per heavy atom. The van der Waals surface area contributed by atoms with Crippen LogP contribution in [0.25, 0.3) is 0 Å². The van der Waals surface area contributed by atoms with E-state index in [2.05, 4.69) is 40.2 Å². The predicted octanol–water partition coefficient (Wildman–Crippen LogP) is 4.48. The molecule has 1 aliphatic heterocycles. The van der Waals surface area contributed by atoms with E-state index in [1.54, 1.807) is 6.92 Å². The summed E-state index contributed by atoms with van der Waals surface area (Å²) in [6.07, 6.45) is 3.33. The molecule has 1 aliphatic carbocycles. The minimum atomic E-state index is -0.168. The molecule has 1 unspecified atom stereocenters. The molecule has 0 aromatic heterocycles. The van der Waals surface area contributed by atoms with Gasteiger partial charge in [-0.1, -0.05) is 52.3 Å². The van der Waals surface area contributed by atoms with E-state index in [4.69, 9.17) is 0 Å². The third kappa shape index (κ3) is 4.14. The highest BCUT2D eigenvalue weighted by Crippen LogP contribution is 2.35. The fourth-order valence-corrected chi connectivity index (χ4v) is 4.62. The van der Waals surface area contributed by atoms with Gasteiger partial charge in [-0.15, -0.1) is 0 Å². The maximum Gasteiger partial charge on any atom is 0.225 e. The summed E-state index contributed by atoms with van der Waals surface area (Å²) in [4.78, 5) is 29.5. The quantitative estimate of drug-likeness (QED) is 0.687. The molecule has 2 aliphatic rings. The second kappa shape index (κ2) is 8.08. The average molecular weight is 441 g/mol. The molecule has 0 saturated heterocycles. The lowest BCUT2D eigenvalue weighted by Gasteiger charge is -2.37. The second-order valence-corrected chi connectivity index (χ2v) is 8.68. The highest BCUT2D eigenvalue weighted by atomic mass is 79.9. The van der Waals surface area contributed by atoms with Crippen molar-refractivity contribution in [2.75, 3.05) is 6.54 Å². The zero-order chi connectivity index (χ0) is 19.7. The lowest BCUT2D eigenvalue weighted by molar-refractivity contribution is -0.137. The van der Waals surface area contributed by atoms with Gasteiger partial charge in [-0.2, -0.15) is 0 Å². The van der Waals surface area contributed by atoms with Gasteiger partial charge in [-0.25, -0.2) is 0 Å². The van der Waals surface area contributed by atoms with Gasteiger partial charge in [0.2, 0.25) is 11.8 Å². The van der Waals surface area contributed by atoms with Crippen LogP contribution in [0.3, 0.4) is 0 Å². The number of amides is 2. The van der Waals surface area contributed by atoms with Crippen molar-refractivity contribution in [3.8, 4) is 0 Å². The smallest absolute Gasteiger partial charge is 0.225 e. The molecule has 2 amide bonds. The molecular weight excluding hydrogens is 416 g/mol. The summed E-state index contributed by atoms with van der Waals surface area (Å²) >= 11 is 3.52. The van der Waals surface area contributed by atoms with Gasteiger partial charge in [-0.05, 0) is 48.1 Å². The summed E-state index contributed by atoms with van der Waals surface area (Å²) in [6, 6.07) is 16.5. The number of hydrogen-bond acceptors (Lipinski definition) is 2. The van der Waals surface area contributed by atoms with Crippen LogP contribution >= 0.6 is 15.9 Å². The first-order valence-electron chi connectivity index (χ1n) is 9.92. The highest BCUT2D eigenvalue weighted by molar-refractivity contribution is 9.10. The number of carbonyl (C=O) groups is 2. The molecule has 146 valence electrons. The van der Waals surface area contributed by atoms with Crippen LogP contribution < -0.4 is 0 Å². The zero-order valence-electron chi connectivity index (χ0n) is 16.1. The average Bonchev–Trinajstić information content (AvgIpc) is 3.51. The standard InChI is InChI=1S/C23H25BrN2O2/c1-16(27)25-12-11-18-6-2-3-8-21(18)22(25)14-23(28)26(20-9-10-20)15-17-5-4-7-19(24)13-17/h2-8,13,20,22H,9-12,14-15H2,1H3. The van der Waals surface area contributed by atoms with Crippen LogP contribution in [-0.2, 0) is 22.6 Å². The predicted molar refractivity (Wildman–Crippen MR) is 113 cm³/mol. The normalized spacial score (nSPS) is 18.5. The van der Waals surface area contributed by atoms with Crippen LogP contribution in [0.15, 0.2) is 53.0 Å². The number of rotatable bonds is 5. The van der Waals surface area contributed by atoms with Crippen molar-refractivity contribution in [1.82, 2.24) is 9.80 Å². The maximum absolute atomic E-state index is 13.3. The van der Waals surface area contributed by atoms with Crippen molar-refractivity contribution in [3.63, 3.8) is 0 Å². The van der Waals surface area contributed by atoms with Gasteiger partial charge in [0.05, 0.1) is 12.5 Å². The van der Waals surface area contributed by atoms with Crippen molar-refractivity contribution in [3.05, 3.63) is 69.7 Å². The molecular formula is C23H25BrN2O2. The zero-order valence-corrected chi connectivity index (χ0v) is 17.7. The van der Waals surface area contributed by atoms with Crippen LogP contribution in [-0.4, -0.2) is 34.2 Å². The molecule has 0 spiro atoms. The Morgan fingerprint density at radius 1 is 1.14 bits per heavy atom. The van der Waals surface area contributed by atoms with Gasteiger partial charge in [0.1, 0.15) is 0 Å². The van der Waals surface area contributed by atoms with E-state index in [0.29, 0.717) is 25.6 Å². The minimum absolute atomic E-state index is 0.0391. The van der Waals surface area contributed by atoms with E-state index in [-0.39, 0.29) is 17.9 Å². The number of benzene rings is 2. The van der Waals surface area contributed by atoms with Crippen LogP contribution in [0.4, 0.5) is 0 Å². The third-order valence-corrected chi connectivity index (χ3v) is 6.23. The monoisotopic (exact) mass is 440 g/mol. The van der Waals surface area contributed by atoms with Crippen molar-refractivity contribution >= 4 is 27.7 Å². The summed E-state index contributed by atoms with van der Waals surface area (Å²) in [5, 5.41) is 0. The van der Waals surface area contributed by atoms with Gasteiger partial charge in [0, 0.05) is 30.5 Å². The van der Waals surface area contributed by atoms with Crippen molar-refractivity contribution in [1.29, 1.82) is 0 Å². The molecule has 1 atom stereocenters. The van der Waals surface area contributed by atoms with Crippen LogP contribution in [0.2, 0.25) is 0 Å². The molecule has 0 radical (unpaired) electrons. The minimum Gasteiger partial charge on any atom is -0.335 e. The van der Waals surface area contributed by atoms with Crippen molar-refractivity contribution < 1.29 is 9.59 Å². The first-order chi connectivity index (χ1) is 13.5. The SMILES string of the molecule is CC(=O)N1CCc2ccccc2C1CC(=O)N(Cc1cccc(Br)c1)C1CC1. The Kier molecular flexibility index (Phi) is 5.54. The first kappa shape index (κ1) is 19.2. The lowest BCUT2D eigenvalue weighted by atomic mass is 9.90. The Labute approximate surface area is 174 Å². The number of carbonyl (C=O) groups excluding carboxylic acids is 2. The summed E-state index contributed by atoms with van der Waals surface area (Å²) in [5.41, 5.74) is 3.50. The topological polar surface area (TPSA) is 40.6 Å². The van der Waals surface area contributed by atoms with Gasteiger partial charge >= 0.3 is 0 Å².